The quantitative estimate of drug-likeness (QED) is 0.553. The number of ether oxygens (including phenoxy) is 1. The number of hydrogen-bond acceptors (Lipinski definition) is 8. The van der Waals surface area contributed by atoms with Crippen molar-refractivity contribution in [2.24, 2.45) is 0 Å². The Kier molecular flexibility index (Phi) is 5.72. The fourth-order valence-corrected chi connectivity index (χ4v) is 5.03. The van der Waals surface area contributed by atoms with E-state index in [4.69, 9.17) is 4.74 Å². The minimum Gasteiger partial charge on any atom is -0.464 e. The van der Waals surface area contributed by atoms with Crippen LogP contribution in [0.25, 0.3) is 0 Å². The Hall–Kier alpha value is -3.47. The van der Waals surface area contributed by atoms with Gasteiger partial charge in [-0.25, -0.2) is 28.9 Å². The number of rotatable bonds is 5. The second-order valence-corrected chi connectivity index (χ2v) is 9.43. The van der Waals surface area contributed by atoms with Crippen LogP contribution in [0.3, 0.4) is 0 Å². The van der Waals surface area contributed by atoms with Crippen molar-refractivity contribution in [2.45, 2.75) is 37.5 Å². The Morgan fingerprint density at radius 1 is 1.29 bits per heavy atom. The number of anilines is 1. The van der Waals surface area contributed by atoms with Gasteiger partial charge in [-0.15, -0.1) is 0 Å². The van der Waals surface area contributed by atoms with Gasteiger partial charge in [0.2, 0.25) is 0 Å². The number of amides is 2. The number of likely N-dealkylation sites (tertiary alicyclic amines) is 1. The van der Waals surface area contributed by atoms with Crippen LogP contribution >= 0.6 is 11.5 Å². The van der Waals surface area contributed by atoms with E-state index >= 15 is 0 Å². The molecule has 1 aliphatic heterocycles. The molecule has 176 valence electrons. The van der Waals surface area contributed by atoms with Crippen LogP contribution in [-0.4, -0.2) is 56.4 Å². The monoisotopic (exact) mass is 482 g/mol. The molecule has 0 radical (unpaired) electrons. The number of nitrogens with zero attached hydrogens (tertiary/aromatic N) is 5. The lowest BCUT2D eigenvalue weighted by Crippen LogP contribution is -2.38. The number of benzene rings is 1. The molecule has 5 rings (SSSR count). The van der Waals surface area contributed by atoms with Crippen molar-refractivity contribution in [3.63, 3.8) is 0 Å². The fraction of sp³-hybridized carbons (Fsp3) is 0.391. The van der Waals surface area contributed by atoms with E-state index in [1.807, 2.05) is 6.07 Å². The Labute approximate surface area is 199 Å². The van der Waals surface area contributed by atoms with E-state index < -0.39 is 17.4 Å². The molecule has 1 atom stereocenters. The van der Waals surface area contributed by atoms with Crippen LogP contribution in [0.15, 0.2) is 30.7 Å². The first-order valence-electron chi connectivity index (χ1n) is 11.0. The van der Waals surface area contributed by atoms with E-state index in [-0.39, 0.29) is 23.9 Å². The van der Waals surface area contributed by atoms with Gasteiger partial charge in [-0.2, -0.15) is 4.37 Å². The summed E-state index contributed by atoms with van der Waals surface area (Å²) in [6.45, 7) is 2.39. The van der Waals surface area contributed by atoms with Gasteiger partial charge in [-0.3, -0.25) is 5.32 Å². The highest BCUT2D eigenvalue weighted by atomic mass is 32.1. The van der Waals surface area contributed by atoms with Crippen molar-refractivity contribution in [1.29, 1.82) is 0 Å². The summed E-state index contributed by atoms with van der Waals surface area (Å²) in [5.41, 5.74) is 1.31. The molecule has 34 heavy (non-hydrogen) atoms. The Balaban J connectivity index is 1.43. The number of nitrogens with one attached hydrogen (secondary N) is 1. The van der Waals surface area contributed by atoms with E-state index in [9.17, 15) is 14.0 Å². The van der Waals surface area contributed by atoms with Crippen LogP contribution in [-0.2, 0) is 10.2 Å². The third-order valence-corrected chi connectivity index (χ3v) is 7.31. The van der Waals surface area contributed by atoms with Crippen molar-refractivity contribution >= 4 is 29.4 Å². The Bertz CT molecular complexity index is 1250. The van der Waals surface area contributed by atoms with Gasteiger partial charge in [0.25, 0.3) is 0 Å². The third-order valence-electron chi connectivity index (χ3n) is 6.44. The number of esters is 1. The van der Waals surface area contributed by atoms with Gasteiger partial charge < -0.3 is 9.64 Å². The second kappa shape index (κ2) is 8.71. The van der Waals surface area contributed by atoms with E-state index in [1.54, 1.807) is 24.1 Å². The van der Waals surface area contributed by atoms with Crippen molar-refractivity contribution < 1.29 is 18.7 Å². The number of halogens is 1. The summed E-state index contributed by atoms with van der Waals surface area (Å²) < 4.78 is 23.4. The maximum atomic E-state index is 14.5. The molecule has 3 aromatic rings. The summed E-state index contributed by atoms with van der Waals surface area (Å²) in [6.07, 6.45) is 5.58. The summed E-state index contributed by atoms with van der Waals surface area (Å²) in [4.78, 5) is 40.2. The minimum atomic E-state index is -0.681. The molecule has 0 unspecified atom stereocenters. The summed E-state index contributed by atoms with van der Waals surface area (Å²) in [7, 11) is 1.25. The first-order chi connectivity index (χ1) is 16.4. The van der Waals surface area contributed by atoms with Gasteiger partial charge in [-0.1, -0.05) is 12.1 Å². The average molecular weight is 483 g/mol. The summed E-state index contributed by atoms with van der Waals surface area (Å²) in [5.74, 6) is -0.608. The molecule has 11 heteroatoms. The number of carbonyl (C=O) groups is 2. The molecule has 9 nitrogen and oxygen atoms in total. The van der Waals surface area contributed by atoms with Gasteiger partial charge >= 0.3 is 12.0 Å². The molecule has 0 bridgehead atoms. The van der Waals surface area contributed by atoms with Gasteiger partial charge in [0.15, 0.2) is 11.5 Å². The molecule has 1 aromatic carbocycles. The maximum Gasteiger partial charge on any atom is 0.360 e. The van der Waals surface area contributed by atoms with E-state index in [0.29, 0.717) is 24.4 Å². The molecule has 2 aromatic heterocycles. The predicted molar refractivity (Wildman–Crippen MR) is 122 cm³/mol. The largest absolute Gasteiger partial charge is 0.464 e. The molecule has 1 saturated carbocycles. The standard InChI is InChI=1S/C23H23FN6O3S/c1-13-3-6-15(9-16(13)24)23(21-26-12-27-34-21)7-8-30(11-23)22(32)29-19-18(20(31)33-2)25-10-17(28-19)14-4-5-14/h3,6,9-10,12,14H,4-5,7-8,11H2,1-2H3,(H,28,29,32)/t23-/m0/s1. The molecule has 0 spiro atoms. The van der Waals surface area contributed by atoms with Crippen LogP contribution in [0.1, 0.15) is 57.5 Å². The number of carbonyl (C=O) groups excluding carboxylic acids is 2. The summed E-state index contributed by atoms with van der Waals surface area (Å²) in [5, 5.41) is 3.47. The zero-order chi connectivity index (χ0) is 23.9. The lowest BCUT2D eigenvalue weighted by atomic mass is 9.80. The molecular weight excluding hydrogens is 459 g/mol. The first kappa shape index (κ1) is 22.3. The highest BCUT2D eigenvalue weighted by molar-refractivity contribution is 7.05. The molecule has 2 aliphatic rings. The third kappa shape index (κ3) is 4.00. The van der Waals surface area contributed by atoms with Crippen LogP contribution in [0, 0.1) is 12.7 Å². The predicted octanol–water partition coefficient (Wildman–Crippen LogP) is 3.66. The van der Waals surface area contributed by atoms with E-state index in [2.05, 4.69) is 24.6 Å². The van der Waals surface area contributed by atoms with Crippen molar-refractivity contribution in [3.8, 4) is 0 Å². The number of hydrogen-bond donors (Lipinski definition) is 1. The lowest BCUT2D eigenvalue weighted by molar-refractivity contribution is 0.0595. The Morgan fingerprint density at radius 3 is 2.79 bits per heavy atom. The number of urea groups is 1. The van der Waals surface area contributed by atoms with Crippen molar-refractivity contribution in [3.05, 3.63) is 64.1 Å². The number of methoxy groups -OCH3 is 1. The smallest absolute Gasteiger partial charge is 0.360 e. The second-order valence-electron chi connectivity index (χ2n) is 8.65. The van der Waals surface area contributed by atoms with Crippen LogP contribution in [0.2, 0.25) is 0 Å². The molecule has 1 N–H and O–H groups in total. The van der Waals surface area contributed by atoms with Crippen LogP contribution in [0.5, 0.6) is 0 Å². The van der Waals surface area contributed by atoms with Gasteiger partial charge in [-0.05, 0) is 54.9 Å². The lowest BCUT2D eigenvalue weighted by Gasteiger charge is -2.28. The topological polar surface area (TPSA) is 110 Å². The normalized spacial score (nSPS) is 19.8. The molecule has 1 saturated heterocycles. The van der Waals surface area contributed by atoms with Gasteiger partial charge in [0, 0.05) is 25.2 Å². The van der Waals surface area contributed by atoms with Gasteiger partial charge in [0.05, 0.1) is 18.2 Å². The van der Waals surface area contributed by atoms with E-state index in [0.717, 1.165) is 29.1 Å². The molecular formula is C23H23FN6O3S. The molecule has 2 fully saturated rings. The average Bonchev–Trinajstić information content (AvgIpc) is 3.34. The van der Waals surface area contributed by atoms with Crippen LogP contribution in [0.4, 0.5) is 15.0 Å². The van der Waals surface area contributed by atoms with Crippen LogP contribution < -0.4 is 5.32 Å². The fourth-order valence-electron chi connectivity index (χ4n) is 4.28. The number of aryl methyl sites for hydroxylation is 1. The van der Waals surface area contributed by atoms with Crippen molar-refractivity contribution in [1.82, 2.24) is 24.2 Å². The number of aromatic nitrogens is 4. The highest BCUT2D eigenvalue weighted by Gasteiger charge is 2.45. The first-order valence-corrected chi connectivity index (χ1v) is 11.7. The maximum absolute atomic E-state index is 14.5. The summed E-state index contributed by atoms with van der Waals surface area (Å²) >= 11 is 1.24. The molecule has 2 amide bonds. The summed E-state index contributed by atoms with van der Waals surface area (Å²) in [6, 6.07) is 4.70. The molecule has 3 heterocycles. The van der Waals surface area contributed by atoms with Crippen molar-refractivity contribution in [2.75, 3.05) is 25.5 Å². The van der Waals surface area contributed by atoms with Gasteiger partial charge in [0.1, 0.15) is 17.2 Å². The van der Waals surface area contributed by atoms with E-state index in [1.165, 1.54) is 31.0 Å². The minimum absolute atomic E-state index is 0.0459. The molecule has 1 aliphatic carbocycles. The highest BCUT2D eigenvalue weighted by Crippen LogP contribution is 2.42. The zero-order valence-corrected chi connectivity index (χ0v) is 19.6. The Morgan fingerprint density at radius 2 is 2.12 bits per heavy atom. The zero-order valence-electron chi connectivity index (χ0n) is 18.7. The SMILES string of the molecule is COC(=O)c1ncc(C2CC2)nc1NC(=O)N1CC[C@](c2ccc(C)c(F)c2)(c2ncns2)C1.